The van der Waals surface area contributed by atoms with Crippen molar-refractivity contribution >= 4 is 39.8 Å². The van der Waals surface area contributed by atoms with Gasteiger partial charge in [-0.25, -0.2) is 9.97 Å². The molecule has 5 rings (SSSR count). The Morgan fingerprint density at radius 1 is 1.16 bits per heavy atom. The summed E-state index contributed by atoms with van der Waals surface area (Å²) in [6, 6.07) is 4.04. The van der Waals surface area contributed by atoms with Gasteiger partial charge in [-0.2, -0.15) is 5.10 Å². The summed E-state index contributed by atoms with van der Waals surface area (Å²) in [5, 5.41) is 19.2. The first-order valence-electron chi connectivity index (χ1n) is 10.5. The Morgan fingerprint density at radius 2 is 1.97 bits per heavy atom. The molecular weight excluding hydrogens is 418 g/mol. The minimum atomic E-state index is -0.401. The number of aryl methyl sites for hydroxylation is 1. The van der Waals surface area contributed by atoms with Crippen LogP contribution in [-0.4, -0.2) is 81.3 Å². The molecular formula is C21H26ClN7O2. The number of aromatic nitrogens is 4. The Balaban J connectivity index is 1.35. The van der Waals surface area contributed by atoms with Crippen LogP contribution in [0.15, 0.2) is 24.5 Å². The summed E-state index contributed by atoms with van der Waals surface area (Å²) in [6.07, 6.45) is 3.15. The van der Waals surface area contributed by atoms with E-state index < -0.39 is 6.10 Å². The lowest BCUT2D eigenvalue weighted by Crippen LogP contribution is -2.53. The number of nitrogens with zero attached hydrogens (tertiary/aromatic N) is 6. The molecule has 0 bridgehead atoms. The van der Waals surface area contributed by atoms with Crippen molar-refractivity contribution in [2.45, 2.75) is 19.1 Å². The van der Waals surface area contributed by atoms with E-state index in [-0.39, 0.29) is 6.04 Å². The second-order valence-corrected chi connectivity index (χ2v) is 8.55. The smallest absolute Gasteiger partial charge is 0.227 e. The first-order chi connectivity index (χ1) is 15.0. The van der Waals surface area contributed by atoms with Crippen LogP contribution in [0.5, 0.6) is 0 Å². The third kappa shape index (κ3) is 3.94. The fourth-order valence-corrected chi connectivity index (χ4v) is 4.55. The minimum absolute atomic E-state index is 0.0894. The van der Waals surface area contributed by atoms with E-state index in [1.807, 2.05) is 26.1 Å². The number of aliphatic hydroxyl groups is 1. The number of ether oxygens (including phenoxy) is 1. The molecule has 164 valence electrons. The van der Waals surface area contributed by atoms with Gasteiger partial charge < -0.3 is 20.1 Å². The van der Waals surface area contributed by atoms with E-state index in [4.69, 9.17) is 21.3 Å². The zero-order valence-electron chi connectivity index (χ0n) is 17.6. The third-order valence-corrected chi connectivity index (χ3v) is 6.58. The fourth-order valence-electron chi connectivity index (χ4n) is 4.26. The Labute approximate surface area is 185 Å². The molecule has 2 fully saturated rings. The van der Waals surface area contributed by atoms with Gasteiger partial charge in [-0.3, -0.25) is 9.58 Å². The van der Waals surface area contributed by atoms with E-state index in [2.05, 4.69) is 25.2 Å². The van der Waals surface area contributed by atoms with E-state index in [0.29, 0.717) is 24.2 Å². The van der Waals surface area contributed by atoms with E-state index >= 15 is 0 Å². The van der Waals surface area contributed by atoms with Gasteiger partial charge in [0.2, 0.25) is 5.95 Å². The predicted octanol–water partition coefficient (Wildman–Crippen LogP) is 1.95. The van der Waals surface area contributed by atoms with Gasteiger partial charge in [0.15, 0.2) is 0 Å². The molecule has 10 heteroatoms. The molecule has 0 saturated carbocycles. The van der Waals surface area contributed by atoms with Crippen LogP contribution in [0, 0.1) is 6.92 Å². The third-order valence-electron chi connectivity index (χ3n) is 6.28. The van der Waals surface area contributed by atoms with Gasteiger partial charge in [0.25, 0.3) is 0 Å². The van der Waals surface area contributed by atoms with E-state index in [0.717, 1.165) is 54.2 Å². The molecule has 2 aliphatic heterocycles. The Morgan fingerprint density at radius 3 is 2.65 bits per heavy atom. The quantitative estimate of drug-likeness (QED) is 0.632. The number of anilines is 3. The molecule has 0 amide bonds. The monoisotopic (exact) mass is 443 g/mol. The van der Waals surface area contributed by atoms with Crippen LogP contribution in [0.1, 0.15) is 5.69 Å². The number of piperazine rings is 1. The number of hydrogen-bond acceptors (Lipinski definition) is 8. The summed E-state index contributed by atoms with van der Waals surface area (Å²) in [5.74, 6) is 0.525. The average Bonchev–Trinajstić information content (AvgIpc) is 3.34. The SMILES string of the molecule is Cc1c(Nc2ncc3cc(Cl)c(N4CCN([C@H]5COC[C@H]5O)CC4)cc3n2)cnn1C. The highest BCUT2D eigenvalue weighted by Crippen LogP contribution is 2.32. The molecule has 3 aromatic rings. The second kappa shape index (κ2) is 8.23. The average molecular weight is 444 g/mol. The predicted molar refractivity (Wildman–Crippen MR) is 120 cm³/mol. The molecule has 0 radical (unpaired) electrons. The number of hydrogen-bond donors (Lipinski definition) is 2. The van der Waals surface area contributed by atoms with Crippen LogP contribution in [0.2, 0.25) is 5.02 Å². The van der Waals surface area contributed by atoms with E-state index in [1.54, 1.807) is 17.1 Å². The van der Waals surface area contributed by atoms with Crippen LogP contribution >= 0.6 is 11.6 Å². The number of fused-ring (bicyclic) bond motifs is 1. The minimum Gasteiger partial charge on any atom is -0.389 e. The molecule has 2 atom stereocenters. The highest BCUT2D eigenvalue weighted by atomic mass is 35.5. The topological polar surface area (TPSA) is 91.6 Å². The van der Waals surface area contributed by atoms with Gasteiger partial charge in [-0.1, -0.05) is 11.6 Å². The summed E-state index contributed by atoms with van der Waals surface area (Å²) in [7, 11) is 1.90. The lowest BCUT2D eigenvalue weighted by molar-refractivity contribution is 0.0785. The summed E-state index contributed by atoms with van der Waals surface area (Å²) in [6.45, 7) is 6.40. The van der Waals surface area contributed by atoms with Gasteiger partial charge in [-0.15, -0.1) is 0 Å². The molecule has 4 heterocycles. The normalized spacial score (nSPS) is 22.4. The first-order valence-corrected chi connectivity index (χ1v) is 10.8. The number of aliphatic hydroxyl groups excluding tert-OH is 1. The summed E-state index contributed by atoms with van der Waals surface area (Å²) in [5.41, 5.74) is 3.70. The first kappa shape index (κ1) is 20.4. The van der Waals surface area contributed by atoms with Crippen molar-refractivity contribution in [1.29, 1.82) is 0 Å². The van der Waals surface area contributed by atoms with Gasteiger partial charge >= 0.3 is 0 Å². The van der Waals surface area contributed by atoms with Crippen molar-refractivity contribution < 1.29 is 9.84 Å². The Hall–Kier alpha value is -2.46. The largest absolute Gasteiger partial charge is 0.389 e. The highest BCUT2D eigenvalue weighted by Gasteiger charge is 2.33. The lowest BCUT2D eigenvalue weighted by Gasteiger charge is -2.39. The van der Waals surface area contributed by atoms with Crippen molar-refractivity contribution in [2.24, 2.45) is 7.05 Å². The lowest BCUT2D eigenvalue weighted by atomic mass is 10.1. The highest BCUT2D eigenvalue weighted by molar-refractivity contribution is 6.34. The van der Waals surface area contributed by atoms with Crippen molar-refractivity contribution in [3.05, 3.63) is 35.2 Å². The molecule has 2 aliphatic rings. The number of nitrogens with one attached hydrogen (secondary N) is 1. The molecule has 9 nitrogen and oxygen atoms in total. The maximum Gasteiger partial charge on any atom is 0.227 e. The Kier molecular flexibility index (Phi) is 5.43. The van der Waals surface area contributed by atoms with Crippen LogP contribution < -0.4 is 10.2 Å². The van der Waals surface area contributed by atoms with Crippen LogP contribution in [0.25, 0.3) is 10.9 Å². The van der Waals surface area contributed by atoms with Crippen molar-refractivity contribution in [3.8, 4) is 0 Å². The molecule has 1 aromatic carbocycles. The van der Waals surface area contributed by atoms with Crippen molar-refractivity contribution in [1.82, 2.24) is 24.6 Å². The van der Waals surface area contributed by atoms with Gasteiger partial charge in [-0.05, 0) is 19.1 Å². The Bertz CT molecular complexity index is 1100. The van der Waals surface area contributed by atoms with Gasteiger partial charge in [0.1, 0.15) is 0 Å². The molecule has 0 aliphatic carbocycles. The van der Waals surface area contributed by atoms with Crippen LogP contribution in [0.3, 0.4) is 0 Å². The molecule has 0 spiro atoms. The maximum atomic E-state index is 10.1. The molecule has 31 heavy (non-hydrogen) atoms. The van der Waals surface area contributed by atoms with Gasteiger partial charge in [0.05, 0.1) is 59.2 Å². The fraction of sp³-hybridized carbons (Fsp3) is 0.476. The maximum absolute atomic E-state index is 10.1. The summed E-state index contributed by atoms with van der Waals surface area (Å²) in [4.78, 5) is 13.7. The van der Waals surface area contributed by atoms with Crippen LogP contribution in [0.4, 0.5) is 17.3 Å². The number of halogens is 1. The van der Waals surface area contributed by atoms with E-state index in [9.17, 15) is 5.11 Å². The second-order valence-electron chi connectivity index (χ2n) is 8.14. The van der Waals surface area contributed by atoms with Gasteiger partial charge in [0, 0.05) is 44.8 Å². The number of rotatable bonds is 4. The van der Waals surface area contributed by atoms with Crippen molar-refractivity contribution in [3.63, 3.8) is 0 Å². The summed E-state index contributed by atoms with van der Waals surface area (Å²) >= 11 is 6.62. The molecule has 2 aromatic heterocycles. The zero-order chi connectivity index (χ0) is 21.5. The van der Waals surface area contributed by atoms with E-state index in [1.165, 1.54) is 0 Å². The van der Waals surface area contributed by atoms with Crippen LogP contribution in [-0.2, 0) is 11.8 Å². The zero-order valence-corrected chi connectivity index (χ0v) is 18.4. The summed E-state index contributed by atoms with van der Waals surface area (Å²) < 4.78 is 7.22. The molecule has 2 N–H and O–H groups in total. The standard InChI is InChI=1S/C21H26ClN7O2/c1-13-17(10-24-27(13)2)26-21-23-9-14-7-15(22)18(8-16(14)25-21)28-3-5-29(6-4-28)19-11-31-12-20(19)30/h7-10,19-20,30H,3-6,11-12H2,1-2H3,(H,23,25,26)/t19-,20+/m0/s1. The van der Waals surface area contributed by atoms with Crippen molar-refractivity contribution in [2.75, 3.05) is 49.6 Å². The molecule has 2 saturated heterocycles. The molecule has 0 unspecified atom stereocenters. The number of benzene rings is 1.